The largest absolute Gasteiger partial charge is 0.494 e. The number of aryl methyl sites for hydroxylation is 1. The SMILES string of the molecule is COc1c(C)nc(Cl)c(C(N)=O)c1-c1ccnc(-c2nnc(N3CC4(C=CN=CC4)C3)s2)c1. The van der Waals surface area contributed by atoms with Crippen LogP contribution in [-0.4, -0.2) is 52.5 Å². The third kappa shape index (κ3) is 3.75. The minimum atomic E-state index is -0.689. The molecule has 1 spiro atoms. The van der Waals surface area contributed by atoms with Crippen LogP contribution in [0.2, 0.25) is 5.15 Å². The van der Waals surface area contributed by atoms with Crippen LogP contribution < -0.4 is 15.4 Å². The van der Waals surface area contributed by atoms with Crippen molar-refractivity contribution in [3.63, 3.8) is 0 Å². The second-order valence-corrected chi connectivity index (χ2v) is 9.34. The van der Waals surface area contributed by atoms with Gasteiger partial charge in [-0.3, -0.25) is 14.8 Å². The molecular formula is C22H20ClN7O2S. The predicted octanol–water partition coefficient (Wildman–Crippen LogP) is 3.53. The Kier molecular flexibility index (Phi) is 5.34. The fourth-order valence-corrected chi connectivity index (χ4v) is 5.32. The van der Waals surface area contributed by atoms with Gasteiger partial charge < -0.3 is 15.4 Å². The van der Waals surface area contributed by atoms with Crippen LogP contribution in [0.3, 0.4) is 0 Å². The van der Waals surface area contributed by atoms with Crippen LogP contribution in [0, 0.1) is 12.3 Å². The number of rotatable bonds is 5. The van der Waals surface area contributed by atoms with E-state index in [1.807, 2.05) is 18.5 Å². The third-order valence-electron chi connectivity index (χ3n) is 5.81. The molecule has 1 amide bonds. The molecule has 1 fully saturated rings. The first-order valence-electron chi connectivity index (χ1n) is 10.2. The maximum Gasteiger partial charge on any atom is 0.252 e. The number of nitrogens with zero attached hydrogens (tertiary/aromatic N) is 6. The van der Waals surface area contributed by atoms with Gasteiger partial charge in [-0.1, -0.05) is 29.0 Å². The first-order chi connectivity index (χ1) is 15.9. The highest BCUT2D eigenvalue weighted by atomic mass is 35.5. The summed E-state index contributed by atoms with van der Waals surface area (Å²) in [6.45, 7) is 3.52. The van der Waals surface area contributed by atoms with Crippen LogP contribution >= 0.6 is 22.9 Å². The molecule has 168 valence electrons. The van der Waals surface area contributed by atoms with E-state index >= 15 is 0 Å². The lowest BCUT2D eigenvalue weighted by molar-refractivity contribution is 0.100. The van der Waals surface area contributed by atoms with E-state index in [-0.39, 0.29) is 16.1 Å². The van der Waals surface area contributed by atoms with Gasteiger partial charge >= 0.3 is 0 Å². The highest BCUT2D eigenvalue weighted by Crippen LogP contribution is 2.42. The Balaban J connectivity index is 1.48. The van der Waals surface area contributed by atoms with E-state index < -0.39 is 5.91 Å². The van der Waals surface area contributed by atoms with Crippen molar-refractivity contribution < 1.29 is 9.53 Å². The van der Waals surface area contributed by atoms with E-state index in [0.717, 1.165) is 24.6 Å². The van der Waals surface area contributed by atoms with Gasteiger partial charge in [0.05, 0.1) is 18.4 Å². The van der Waals surface area contributed by atoms with Gasteiger partial charge in [0.2, 0.25) is 5.13 Å². The molecule has 3 aromatic rings. The minimum absolute atomic E-state index is 0.0286. The van der Waals surface area contributed by atoms with E-state index in [1.54, 1.807) is 19.2 Å². The number of carbonyl (C=O) groups is 1. The van der Waals surface area contributed by atoms with Crippen LogP contribution in [0.15, 0.2) is 35.6 Å². The number of amides is 1. The Morgan fingerprint density at radius 1 is 1.33 bits per heavy atom. The smallest absolute Gasteiger partial charge is 0.252 e. The van der Waals surface area contributed by atoms with E-state index in [1.165, 1.54) is 18.4 Å². The van der Waals surface area contributed by atoms with Crippen LogP contribution in [0.4, 0.5) is 5.13 Å². The molecule has 0 unspecified atom stereocenters. The monoisotopic (exact) mass is 481 g/mol. The topological polar surface area (TPSA) is 119 Å². The molecule has 11 heteroatoms. The van der Waals surface area contributed by atoms with Gasteiger partial charge in [-0.2, -0.15) is 0 Å². The first-order valence-corrected chi connectivity index (χ1v) is 11.4. The number of nitrogens with two attached hydrogens (primary N) is 1. The zero-order valence-electron chi connectivity index (χ0n) is 17.9. The summed E-state index contributed by atoms with van der Waals surface area (Å²) >= 11 is 7.74. The Morgan fingerprint density at radius 3 is 2.85 bits per heavy atom. The predicted molar refractivity (Wildman–Crippen MR) is 128 cm³/mol. The van der Waals surface area contributed by atoms with E-state index in [2.05, 4.69) is 36.1 Å². The van der Waals surface area contributed by atoms with Crippen molar-refractivity contribution in [1.29, 1.82) is 0 Å². The van der Waals surface area contributed by atoms with Gasteiger partial charge in [-0.05, 0) is 31.0 Å². The van der Waals surface area contributed by atoms with Gasteiger partial charge in [-0.15, -0.1) is 10.2 Å². The third-order valence-corrected chi connectivity index (χ3v) is 7.09. The van der Waals surface area contributed by atoms with Crippen molar-refractivity contribution in [2.24, 2.45) is 16.1 Å². The maximum atomic E-state index is 12.2. The van der Waals surface area contributed by atoms with Gasteiger partial charge in [0, 0.05) is 42.7 Å². The normalized spacial score (nSPS) is 16.2. The zero-order chi connectivity index (χ0) is 23.2. The van der Waals surface area contributed by atoms with Crippen molar-refractivity contribution in [1.82, 2.24) is 20.2 Å². The molecule has 2 aliphatic rings. The van der Waals surface area contributed by atoms with Gasteiger partial charge in [0.1, 0.15) is 16.6 Å². The molecule has 3 aromatic heterocycles. The molecule has 0 bridgehead atoms. The van der Waals surface area contributed by atoms with Crippen molar-refractivity contribution in [2.75, 3.05) is 25.1 Å². The molecule has 5 rings (SSSR count). The number of hydrogen-bond acceptors (Lipinski definition) is 9. The summed E-state index contributed by atoms with van der Waals surface area (Å²) in [7, 11) is 1.51. The first kappa shape index (κ1) is 21.5. The number of anilines is 1. The van der Waals surface area contributed by atoms with Gasteiger partial charge in [-0.25, -0.2) is 4.98 Å². The molecule has 2 N–H and O–H groups in total. The standard InChI is InChI=1S/C22H20ClN7O2S/c1-12-17(32-2)15(16(19(24)31)18(23)27-12)13-3-6-26-14(9-13)20-28-29-21(33-20)30-10-22(11-30)4-7-25-8-5-22/h3-4,6-9H,5,10-11H2,1-2H3,(H2,24,31). The quantitative estimate of drug-likeness (QED) is 0.553. The van der Waals surface area contributed by atoms with E-state index in [9.17, 15) is 4.79 Å². The maximum absolute atomic E-state index is 12.2. The Hall–Kier alpha value is -3.37. The highest BCUT2D eigenvalue weighted by molar-refractivity contribution is 7.18. The van der Waals surface area contributed by atoms with Crippen molar-refractivity contribution in [3.8, 4) is 27.6 Å². The Morgan fingerprint density at radius 2 is 2.15 bits per heavy atom. The van der Waals surface area contributed by atoms with Crippen LogP contribution in [0.5, 0.6) is 5.75 Å². The van der Waals surface area contributed by atoms with Crippen LogP contribution in [-0.2, 0) is 0 Å². The molecule has 5 heterocycles. The fourth-order valence-electron chi connectivity index (χ4n) is 4.20. The number of hydrogen-bond donors (Lipinski definition) is 1. The van der Waals surface area contributed by atoms with Crippen molar-refractivity contribution in [2.45, 2.75) is 13.3 Å². The summed E-state index contributed by atoms with van der Waals surface area (Å²) in [4.78, 5) is 27.2. The summed E-state index contributed by atoms with van der Waals surface area (Å²) in [6.07, 6.45) is 8.57. The summed E-state index contributed by atoms with van der Waals surface area (Å²) in [6, 6.07) is 3.59. The van der Waals surface area contributed by atoms with Crippen LogP contribution in [0.1, 0.15) is 22.5 Å². The Labute approximate surface area is 199 Å². The Bertz CT molecular complexity index is 1310. The average Bonchev–Trinajstić information content (AvgIpc) is 3.27. The number of aliphatic imine (C=N–C) groups is 1. The molecule has 0 radical (unpaired) electrons. The highest BCUT2D eigenvalue weighted by Gasteiger charge is 2.42. The molecule has 1 saturated heterocycles. The lowest BCUT2D eigenvalue weighted by Gasteiger charge is -2.48. The zero-order valence-corrected chi connectivity index (χ0v) is 19.5. The number of halogens is 1. The second-order valence-electron chi connectivity index (χ2n) is 8.03. The van der Waals surface area contributed by atoms with Crippen molar-refractivity contribution >= 4 is 40.2 Å². The lowest BCUT2D eigenvalue weighted by atomic mass is 9.77. The molecule has 0 saturated carbocycles. The van der Waals surface area contributed by atoms with Gasteiger partial charge in [0.15, 0.2) is 5.01 Å². The molecule has 0 aliphatic carbocycles. The lowest BCUT2D eigenvalue weighted by Crippen LogP contribution is -2.56. The molecule has 33 heavy (non-hydrogen) atoms. The number of primary amides is 1. The van der Waals surface area contributed by atoms with E-state index in [0.29, 0.717) is 33.3 Å². The van der Waals surface area contributed by atoms with Crippen molar-refractivity contribution in [3.05, 3.63) is 47.0 Å². The second kappa shape index (κ2) is 8.20. The molecule has 0 atom stereocenters. The summed E-state index contributed by atoms with van der Waals surface area (Å²) < 4.78 is 5.54. The summed E-state index contributed by atoms with van der Waals surface area (Å²) in [5, 5.41) is 10.3. The molecular weight excluding hydrogens is 462 g/mol. The summed E-state index contributed by atoms with van der Waals surface area (Å²) in [5.41, 5.74) is 8.19. The average molecular weight is 482 g/mol. The number of methoxy groups -OCH3 is 1. The number of carbonyl (C=O) groups excluding carboxylic acids is 1. The van der Waals surface area contributed by atoms with Crippen LogP contribution in [0.25, 0.3) is 21.8 Å². The fraction of sp³-hybridized carbons (Fsp3) is 0.273. The molecule has 0 aromatic carbocycles. The van der Waals surface area contributed by atoms with E-state index in [4.69, 9.17) is 22.1 Å². The molecule has 9 nitrogen and oxygen atoms in total. The van der Waals surface area contributed by atoms with Gasteiger partial charge in [0.25, 0.3) is 5.91 Å². The minimum Gasteiger partial charge on any atom is -0.494 e. The number of aromatic nitrogens is 4. The number of pyridine rings is 2. The number of ether oxygens (including phenoxy) is 1. The summed E-state index contributed by atoms with van der Waals surface area (Å²) in [5.74, 6) is -0.260. The molecule has 2 aliphatic heterocycles.